The molecular weight excluding hydrogens is 142 g/mol. The predicted molar refractivity (Wildman–Crippen MR) is 32.1 cm³/mol. The molecule has 60 valence electrons. The molecule has 0 bridgehead atoms. The molecule has 0 rings (SSSR count). The molecule has 0 aliphatic carbocycles. The smallest absolute Gasteiger partial charge is 0.240 e. The number of carbonyl (C=O) groups is 1. The van der Waals surface area contributed by atoms with Crippen molar-refractivity contribution < 1.29 is 18.3 Å². The molecule has 0 aliphatic heterocycles. The van der Waals surface area contributed by atoms with E-state index in [1.165, 1.54) is 6.92 Å². The molecule has 0 saturated heterocycles. The lowest BCUT2D eigenvalue weighted by Crippen LogP contribution is -2.07. The van der Waals surface area contributed by atoms with Crippen LogP contribution >= 0.6 is 0 Å². The topological polar surface area (TPSA) is 26.3 Å². The van der Waals surface area contributed by atoms with Crippen molar-refractivity contribution in [1.29, 1.82) is 0 Å². The number of alkyl halides is 2. The molecule has 0 aliphatic rings. The van der Waals surface area contributed by atoms with Crippen molar-refractivity contribution in [2.45, 2.75) is 19.8 Å². The fraction of sp³-hybridized carbons (Fsp3) is 0.833. The van der Waals surface area contributed by atoms with Gasteiger partial charge in [0.1, 0.15) is 6.61 Å². The van der Waals surface area contributed by atoms with E-state index in [2.05, 4.69) is 4.74 Å². The van der Waals surface area contributed by atoms with Gasteiger partial charge in [0, 0.05) is 6.42 Å². The standard InChI is InChI=1S/C6H10F2O2/c1-5(9)4-10-3-2-6(7)8/h6H,2-4H2,1H3. The summed E-state index contributed by atoms with van der Waals surface area (Å²) in [5, 5.41) is 0. The Balaban J connectivity index is 2.98. The fourth-order valence-corrected chi connectivity index (χ4v) is 0.388. The first-order valence-electron chi connectivity index (χ1n) is 2.98. The van der Waals surface area contributed by atoms with Gasteiger partial charge in [0.25, 0.3) is 0 Å². The van der Waals surface area contributed by atoms with Crippen molar-refractivity contribution in [2.75, 3.05) is 13.2 Å². The quantitative estimate of drug-likeness (QED) is 0.554. The predicted octanol–water partition coefficient (Wildman–Crippen LogP) is 1.25. The van der Waals surface area contributed by atoms with Crippen LogP contribution in [0.15, 0.2) is 0 Å². The number of hydrogen-bond acceptors (Lipinski definition) is 2. The second-order valence-corrected chi connectivity index (χ2v) is 1.93. The zero-order chi connectivity index (χ0) is 7.98. The summed E-state index contributed by atoms with van der Waals surface area (Å²) in [7, 11) is 0. The van der Waals surface area contributed by atoms with Crippen LogP contribution in [-0.2, 0) is 9.53 Å². The second kappa shape index (κ2) is 5.29. The fourth-order valence-electron chi connectivity index (χ4n) is 0.388. The third-order valence-corrected chi connectivity index (χ3v) is 0.786. The van der Waals surface area contributed by atoms with Crippen LogP contribution in [-0.4, -0.2) is 25.4 Å². The van der Waals surface area contributed by atoms with E-state index in [4.69, 9.17) is 0 Å². The van der Waals surface area contributed by atoms with Crippen LogP contribution in [0.4, 0.5) is 8.78 Å². The van der Waals surface area contributed by atoms with Gasteiger partial charge in [0.15, 0.2) is 5.78 Å². The third-order valence-electron chi connectivity index (χ3n) is 0.786. The van der Waals surface area contributed by atoms with Gasteiger partial charge in [0.2, 0.25) is 6.43 Å². The first-order valence-corrected chi connectivity index (χ1v) is 2.98. The van der Waals surface area contributed by atoms with Gasteiger partial charge in [0.05, 0.1) is 6.61 Å². The van der Waals surface area contributed by atoms with E-state index in [1.807, 2.05) is 0 Å². The summed E-state index contributed by atoms with van der Waals surface area (Å²) in [6.45, 7) is 1.24. The monoisotopic (exact) mass is 152 g/mol. The average molecular weight is 152 g/mol. The Hall–Kier alpha value is -0.510. The molecule has 0 N–H and O–H groups in total. The van der Waals surface area contributed by atoms with Crippen molar-refractivity contribution in [2.24, 2.45) is 0 Å². The summed E-state index contributed by atoms with van der Waals surface area (Å²) in [6, 6.07) is 0. The zero-order valence-corrected chi connectivity index (χ0v) is 5.77. The summed E-state index contributed by atoms with van der Waals surface area (Å²) in [4.78, 5) is 10.2. The normalized spacial score (nSPS) is 10.4. The number of ether oxygens (including phenoxy) is 1. The maximum Gasteiger partial charge on any atom is 0.240 e. The lowest BCUT2D eigenvalue weighted by atomic mass is 10.4. The number of carbonyl (C=O) groups excluding carboxylic acids is 1. The Morgan fingerprint density at radius 1 is 1.60 bits per heavy atom. The maximum atomic E-state index is 11.4. The van der Waals surface area contributed by atoms with E-state index < -0.39 is 6.43 Å². The van der Waals surface area contributed by atoms with Crippen molar-refractivity contribution in [3.63, 3.8) is 0 Å². The molecule has 0 fully saturated rings. The summed E-state index contributed by atoms with van der Waals surface area (Å²) >= 11 is 0. The Morgan fingerprint density at radius 3 is 2.60 bits per heavy atom. The molecule has 0 heterocycles. The Bertz CT molecular complexity index is 104. The first-order chi connectivity index (χ1) is 4.63. The molecule has 0 saturated carbocycles. The molecule has 0 aromatic heterocycles. The van der Waals surface area contributed by atoms with E-state index in [9.17, 15) is 13.6 Å². The lowest BCUT2D eigenvalue weighted by Gasteiger charge is -1.99. The minimum atomic E-state index is -2.34. The molecule has 0 atom stereocenters. The van der Waals surface area contributed by atoms with Crippen LogP contribution in [0.5, 0.6) is 0 Å². The average Bonchev–Trinajstić information content (AvgIpc) is 1.79. The van der Waals surface area contributed by atoms with Crippen molar-refractivity contribution >= 4 is 5.78 Å². The summed E-state index contributed by atoms with van der Waals surface area (Å²) in [5.41, 5.74) is 0. The van der Waals surface area contributed by atoms with Crippen LogP contribution in [0.25, 0.3) is 0 Å². The van der Waals surface area contributed by atoms with Gasteiger partial charge in [-0.1, -0.05) is 0 Å². The first kappa shape index (κ1) is 9.49. The largest absolute Gasteiger partial charge is 0.373 e. The van der Waals surface area contributed by atoms with Gasteiger partial charge < -0.3 is 4.74 Å². The maximum absolute atomic E-state index is 11.4. The molecule has 0 amide bonds. The molecule has 0 unspecified atom stereocenters. The van der Waals surface area contributed by atoms with Crippen LogP contribution in [0, 0.1) is 0 Å². The molecule has 0 aromatic carbocycles. The minimum Gasteiger partial charge on any atom is -0.373 e. The summed E-state index contributed by atoms with van der Waals surface area (Å²) < 4.78 is 27.4. The number of hydrogen-bond donors (Lipinski definition) is 0. The highest BCUT2D eigenvalue weighted by Crippen LogP contribution is 1.97. The number of rotatable bonds is 5. The van der Waals surface area contributed by atoms with E-state index in [1.54, 1.807) is 0 Å². The second-order valence-electron chi connectivity index (χ2n) is 1.93. The van der Waals surface area contributed by atoms with Gasteiger partial charge in [-0.3, -0.25) is 4.79 Å². The van der Waals surface area contributed by atoms with E-state index in [0.717, 1.165) is 0 Å². The molecule has 4 heteroatoms. The summed E-state index contributed by atoms with van der Waals surface area (Å²) in [5.74, 6) is -0.144. The molecular formula is C6H10F2O2. The highest BCUT2D eigenvalue weighted by molar-refractivity contribution is 5.76. The van der Waals surface area contributed by atoms with Gasteiger partial charge in [-0.25, -0.2) is 8.78 Å². The van der Waals surface area contributed by atoms with Gasteiger partial charge in [-0.2, -0.15) is 0 Å². The highest BCUT2D eigenvalue weighted by Gasteiger charge is 2.01. The van der Waals surface area contributed by atoms with Crippen molar-refractivity contribution in [1.82, 2.24) is 0 Å². The summed E-state index contributed by atoms with van der Waals surface area (Å²) in [6.07, 6.45) is -2.64. The molecule has 2 nitrogen and oxygen atoms in total. The van der Waals surface area contributed by atoms with Crippen molar-refractivity contribution in [3.05, 3.63) is 0 Å². The van der Waals surface area contributed by atoms with Crippen molar-refractivity contribution in [3.8, 4) is 0 Å². The third kappa shape index (κ3) is 7.49. The van der Waals surface area contributed by atoms with Crippen LogP contribution in [0.3, 0.4) is 0 Å². The van der Waals surface area contributed by atoms with Crippen LogP contribution in [0.2, 0.25) is 0 Å². The SMILES string of the molecule is CC(=O)COCCC(F)F. The Morgan fingerprint density at radius 2 is 2.20 bits per heavy atom. The molecule has 0 aromatic rings. The Labute approximate surface area is 58.2 Å². The molecule has 10 heavy (non-hydrogen) atoms. The van der Waals surface area contributed by atoms with Crippen LogP contribution in [0.1, 0.15) is 13.3 Å². The molecule has 0 radical (unpaired) electrons. The van der Waals surface area contributed by atoms with Gasteiger partial charge in [-0.05, 0) is 6.92 Å². The number of halogens is 2. The van der Waals surface area contributed by atoms with E-state index >= 15 is 0 Å². The number of ketones is 1. The lowest BCUT2D eigenvalue weighted by molar-refractivity contribution is -0.121. The highest BCUT2D eigenvalue weighted by atomic mass is 19.3. The van der Waals surface area contributed by atoms with E-state index in [-0.39, 0.29) is 25.4 Å². The number of Topliss-reactive ketones (excluding diaryl/α,β-unsaturated/α-hetero) is 1. The van der Waals surface area contributed by atoms with E-state index in [0.29, 0.717) is 0 Å². The molecule has 0 spiro atoms. The van der Waals surface area contributed by atoms with Crippen LogP contribution < -0.4 is 0 Å². The Kier molecular flexibility index (Phi) is 5.02. The zero-order valence-electron chi connectivity index (χ0n) is 5.77. The van der Waals surface area contributed by atoms with Gasteiger partial charge in [-0.15, -0.1) is 0 Å². The minimum absolute atomic E-state index is 0.0444. The van der Waals surface area contributed by atoms with Gasteiger partial charge >= 0.3 is 0 Å².